The van der Waals surface area contributed by atoms with Gasteiger partial charge in [-0.25, -0.2) is 0 Å². The van der Waals surface area contributed by atoms with Gasteiger partial charge in [-0.1, -0.05) is 6.92 Å². The molecule has 5 heteroatoms. The molecule has 0 aromatic carbocycles. The summed E-state index contributed by atoms with van der Waals surface area (Å²) in [5.41, 5.74) is 0. The van der Waals surface area contributed by atoms with Crippen molar-refractivity contribution >= 4 is 17.7 Å². The fraction of sp³-hybridized carbons (Fsp3) is 1.00. The van der Waals surface area contributed by atoms with Crippen LogP contribution < -0.4 is 0 Å². The summed E-state index contributed by atoms with van der Waals surface area (Å²) >= 11 is 0. The average Bonchev–Trinajstić information content (AvgIpc) is 1.62. The summed E-state index contributed by atoms with van der Waals surface area (Å²) in [4.78, 5) is 25.5. The van der Waals surface area contributed by atoms with Crippen molar-refractivity contribution in [2.75, 3.05) is 0 Å². The van der Waals surface area contributed by atoms with E-state index >= 15 is 0 Å². The van der Waals surface area contributed by atoms with E-state index in [1.807, 2.05) is 13.8 Å². The van der Waals surface area contributed by atoms with Crippen LogP contribution in [0.15, 0.2) is 0 Å². The van der Waals surface area contributed by atoms with Gasteiger partial charge in [-0.15, -0.1) is 0 Å². The lowest BCUT2D eigenvalue weighted by atomic mass is 10.4. The van der Waals surface area contributed by atoms with Crippen LogP contribution in [0.25, 0.3) is 0 Å². The molecule has 0 aliphatic heterocycles. The third-order valence-corrected chi connectivity index (χ3v) is 3.80. The van der Waals surface area contributed by atoms with E-state index < -0.39 is 6.72 Å². The second kappa shape index (κ2) is 3.64. The first kappa shape index (κ1) is 9.53. The van der Waals surface area contributed by atoms with Gasteiger partial charge in [0.1, 0.15) is 0 Å². The van der Waals surface area contributed by atoms with Crippen molar-refractivity contribution in [1.29, 1.82) is 0 Å². The van der Waals surface area contributed by atoms with Gasteiger partial charge in [0.25, 0.3) is 0 Å². The summed E-state index contributed by atoms with van der Waals surface area (Å²) in [6, 6.07) is 0. The Morgan fingerprint density at radius 3 is 2.00 bits per heavy atom. The summed E-state index contributed by atoms with van der Waals surface area (Å²) in [5, 5.41) is 0.110. The molecule has 0 aliphatic rings. The molecular formula is C4H12O3PS+. The molecule has 0 aromatic heterocycles. The van der Waals surface area contributed by atoms with Gasteiger partial charge in [0.05, 0.1) is 0 Å². The highest BCUT2D eigenvalue weighted by molar-refractivity contribution is 8.16. The zero-order chi connectivity index (χ0) is 7.49. The molecular weight excluding hydrogens is 159 g/mol. The lowest BCUT2D eigenvalue weighted by molar-refractivity contribution is 0.363. The monoisotopic (exact) mass is 171 g/mol. The molecule has 0 saturated carbocycles. The van der Waals surface area contributed by atoms with Crippen molar-refractivity contribution < 1.29 is 14.7 Å². The third kappa shape index (κ3) is 6.41. The topological polar surface area (TPSA) is 60.7 Å². The van der Waals surface area contributed by atoms with E-state index in [0.29, 0.717) is 0 Å². The minimum Gasteiger partial charge on any atom is -0.290 e. The highest BCUT2D eigenvalue weighted by Gasteiger charge is 2.22. The van der Waals surface area contributed by atoms with Gasteiger partial charge in [-0.05, 0) is 6.92 Å². The molecule has 0 amide bonds. The van der Waals surface area contributed by atoms with Crippen LogP contribution in [0.1, 0.15) is 20.3 Å². The molecule has 56 valence electrons. The lowest BCUT2D eigenvalue weighted by Crippen LogP contribution is -1.96. The van der Waals surface area contributed by atoms with Gasteiger partial charge >= 0.3 is 6.72 Å². The lowest BCUT2D eigenvalue weighted by Gasteiger charge is -1.90. The van der Waals surface area contributed by atoms with Crippen LogP contribution >= 0.6 is 6.72 Å². The van der Waals surface area contributed by atoms with Gasteiger partial charge in [0, 0.05) is 6.42 Å². The minimum absolute atomic E-state index is 0.110. The van der Waals surface area contributed by atoms with Crippen molar-refractivity contribution in [3.63, 3.8) is 0 Å². The summed E-state index contributed by atoms with van der Waals surface area (Å²) in [6.45, 7) is 0.188. The van der Waals surface area contributed by atoms with Crippen molar-refractivity contribution in [3.05, 3.63) is 0 Å². The number of hydrogen-bond acceptors (Lipinski definition) is 0. The van der Waals surface area contributed by atoms with Gasteiger partial charge in [-0.2, -0.15) is 0 Å². The summed E-state index contributed by atoms with van der Waals surface area (Å²) in [6.07, 6.45) is 0.827. The molecule has 0 bridgehead atoms. The van der Waals surface area contributed by atoms with Gasteiger partial charge in [-0.3, -0.25) is 14.7 Å². The van der Waals surface area contributed by atoms with E-state index in [2.05, 4.69) is 0 Å². The molecule has 9 heavy (non-hydrogen) atoms. The Morgan fingerprint density at radius 2 is 1.89 bits per heavy atom. The predicted octanol–water partition coefficient (Wildman–Crippen LogP) is 0.522. The second-order valence-corrected chi connectivity index (χ2v) is 5.98. The van der Waals surface area contributed by atoms with Crippen LogP contribution in [0.4, 0.5) is 0 Å². The maximum Gasteiger partial charge on any atom is 0.515 e. The van der Waals surface area contributed by atoms with Gasteiger partial charge in [0.15, 0.2) is 5.25 Å². The summed E-state index contributed by atoms with van der Waals surface area (Å²) < 4.78 is 0. The van der Waals surface area contributed by atoms with Crippen LogP contribution in [0.2, 0.25) is 0 Å². The largest absolute Gasteiger partial charge is 0.515 e. The summed E-state index contributed by atoms with van der Waals surface area (Å²) in [5.74, 6) is 0. The Labute approximate surface area is 58.6 Å². The maximum absolute atomic E-state index is 8.50. The average molecular weight is 171 g/mol. The Bertz CT molecular complexity index is 122. The van der Waals surface area contributed by atoms with E-state index in [0.717, 1.165) is 17.4 Å². The fourth-order valence-electron chi connectivity index (χ4n) is 0.316. The minimum atomic E-state index is -3.57. The molecule has 0 rings (SSSR count). The normalized spacial score (nSPS) is 15.2. The molecule has 3 nitrogen and oxygen atoms in total. The standard InChI is InChI=1S/C4H12O3PS/c1-3-4(2)9-8(5,6)7/h4-7H,3H2,1-2H3/q+1. The molecule has 0 aromatic rings. The molecule has 1 atom stereocenters. The first-order valence-corrected chi connectivity index (χ1v) is 5.84. The van der Waals surface area contributed by atoms with E-state index in [9.17, 15) is 0 Å². The van der Waals surface area contributed by atoms with E-state index in [1.54, 1.807) is 0 Å². The highest BCUT2D eigenvalue weighted by atomic mass is 32.5. The SMILES string of the molecule is CCC(C)[S+]=P(O)(O)O. The van der Waals surface area contributed by atoms with Crippen LogP contribution in [0.3, 0.4) is 0 Å². The van der Waals surface area contributed by atoms with E-state index in [-0.39, 0.29) is 5.25 Å². The molecule has 0 aliphatic carbocycles. The Hall–Kier alpha value is 0.530. The molecule has 0 heterocycles. The zero-order valence-corrected chi connectivity index (χ0v) is 7.19. The molecule has 0 radical (unpaired) electrons. The van der Waals surface area contributed by atoms with Crippen LogP contribution in [-0.4, -0.2) is 19.9 Å². The maximum atomic E-state index is 8.50. The number of hydrogen-bond donors (Lipinski definition) is 3. The van der Waals surface area contributed by atoms with E-state index in [1.165, 1.54) is 0 Å². The van der Waals surface area contributed by atoms with Crippen molar-refractivity contribution in [1.82, 2.24) is 0 Å². The van der Waals surface area contributed by atoms with Crippen molar-refractivity contribution in [3.8, 4) is 0 Å². The second-order valence-electron chi connectivity index (χ2n) is 1.84. The smallest absolute Gasteiger partial charge is 0.290 e. The number of rotatable bonds is 2. The van der Waals surface area contributed by atoms with Crippen LogP contribution in [0, 0.1) is 0 Å². The first-order chi connectivity index (χ1) is 3.95. The van der Waals surface area contributed by atoms with Gasteiger partial charge < -0.3 is 0 Å². The van der Waals surface area contributed by atoms with Crippen LogP contribution in [-0.2, 0) is 10.9 Å². The molecule has 1 unspecified atom stereocenters. The molecule has 3 N–H and O–H groups in total. The molecule has 0 spiro atoms. The van der Waals surface area contributed by atoms with E-state index in [4.69, 9.17) is 14.7 Å². The third-order valence-electron chi connectivity index (χ3n) is 0.896. The fourth-order valence-corrected chi connectivity index (χ4v) is 2.84. The van der Waals surface area contributed by atoms with Gasteiger partial charge in [0.2, 0.25) is 10.9 Å². The molecule has 0 fully saturated rings. The predicted molar refractivity (Wildman–Crippen MR) is 40.7 cm³/mol. The van der Waals surface area contributed by atoms with Crippen molar-refractivity contribution in [2.24, 2.45) is 0 Å². The Morgan fingerprint density at radius 1 is 1.44 bits per heavy atom. The quantitative estimate of drug-likeness (QED) is 0.419. The summed E-state index contributed by atoms with van der Waals surface area (Å²) in [7, 11) is 0.834. The Balaban J connectivity index is 3.96. The van der Waals surface area contributed by atoms with Crippen LogP contribution in [0.5, 0.6) is 0 Å². The Kier molecular flexibility index (Phi) is 3.85. The molecule has 0 saturated heterocycles. The highest BCUT2D eigenvalue weighted by Crippen LogP contribution is 2.32. The van der Waals surface area contributed by atoms with Crippen molar-refractivity contribution in [2.45, 2.75) is 25.5 Å². The zero-order valence-electron chi connectivity index (χ0n) is 5.48. The first-order valence-electron chi connectivity index (χ1n) is 2.71.